The average Bonchev–Trinajstić information content (AvgIpc) is 2.17. The Balaban J connectivity index is 2.25. The van der Waals surface area contributed by atoms with E-state index in [4.69, 9.17) is 5.11 Å². The fourth-order valence-corrected chi connectivity index (χ4v) is 1.83. The highest BCUT2D eigenvalue weighted by Gasteiger charge is 2.20. The van der Waals surface area contributed by atoms with Crippen LogP contribution in [0.15, 0.2) is 0 Å². The van der Waals surface area contributed by atoms with Gasteiger partial charge in [-0.05, 0) is 45.2 Å². The minimum absolute atomic E-state index is 0.383. The van der Waals surface area contributed by atoms with Crippen molar-refractivity contribution in [1.82, 2.24) is 4.90 Å². The van der Waals surface area contributed by atoms with Crippen molar-refractivity contribution in [3.05, 3.63) is 0 Å². The summed E-state index contributed by atoms with van der Waals surface area (Å²) in [6.07, 6.45) is 3.60. The largest absolute Gasteiger partial charge is 0.396 e. The lowest BCUT2D eigenvalue weighted by atomic mass is 9.96. The summed E-state index contributed by atoms with van der Waals surface area (Å²) in [6.45, 7) is 7.27. The first-order valence-electron chi connectivity index (χ1n) is 5.12. The van der Waals surface area contributed by atoms with E-state index in [1.807, 2.05) is 0 Å². The second kappa shape index (κ2) is 4.83. The SMILES string of the molecule is CCC(C)N1CCC(CO)CC1. The second-order valence-corrected chi connectivity index (χ2v) is 3.92. The molecule has 0 saturated carbocycles. The molecule has 0 spiro atoms. The van der Waals surface area contributed by atoms with Crippen LogP contribution in [0.5, 0.6) is 0 Å². The Kier molecular flexibility index (Phi) is 4.02. The predicted molar refractivity (Wildman–Crippen MR) is 51.1 cm³/mol. The molecule has 12 heavy (non-hydrogen) atoms. The molecule has 1 heterocycles. The predicted octanol–water partition coefficient (Wildman–Crippen LogP) is 1.49. The van der Waals surface area contributed by atoms with Gasteiger partial charge in [-0.2, -0.15) is 0 Å². The molecule has 1 aliphatic rings. The maximum absolute atomic E-state index is 8.95. The summed E-state index contributed by atoms with van der Waals surface area (Å²) in [4.78, 5) is 2.53. The van der Waals surface area contributed by atoms with Crippen LogP contribution >= 0.6 is 0 Å². The van der Waals surface area contributed by atoms with Gasteiger partial charge in [0.1, 0.15) is 0 Å². The molecule has 1 N–H and O–H groups in total. The molecule has 1 atom stereocenters. The quantitative estimate of drug-likeness (QED) is 0.695. The Bertz CT molecular complexity index is 119. The first-order chi connectivity index (χ1) is 5.77. The molecule has 0 aromatic rings. The summed E-state index contributed by atoms with van der Waals surface area (Å²) in [5.41, 5.74) is 0. The molecular weight excluding hydrogens is 150 g/mol. The lowest BCUT2D eigenvalue weighted by molar-refractivity contribution is 0.104. The van der Waals surface area contributed by atoms with Crippen LogP contribution in [0, 0.1) is 5.92 Å². The zero-order valence-electron chi connectivity index (χ0n) is 8.29. The molecule has 0 aromatic carbocycles. The summed E-state index contributed by atoms with van der Waals surface area (Å²) in [7, 11) is 0. The lowest BCUT2D eigenvalue weighted by Gasteiger charge is -2.35. The maximum Gasteiger partial charge on any atom is 0.0460 e. The first kappa shape index (κ1) is 10.0. The van der Waals surface area contributed by atoms with E-state index in [9.17, 15) is 0 Å². The van der Waals surface area contributed by atoms with Crippen molar-refractivity contribution in [2.24, 2.45) is 5.92 Å². The van der Waals surface area contributed by atoms with E-state index < -0.39 is 0 Å². The zero-order valence-corrected chi connectivity index (χ0v) is 8.29. The molecular formula is C10H21NO. The number of aliphatic hydroxyl groups excluding tert-OH is 1. The minimum Gasteiger partial charge on any atom is -0.396 e. The number of hydrogen-bond acceptors (Lipinski definition) is 2. The van der Waals surface area contributed by atoms with Crippen molar-refractivity contribution in [3.8, 4) is 0 Å². The average molecular weight is 171 g/mol. The molecule has 1 aliphatic heterocycles. The summed E-state index contributed by atoms with van der Waals surface area (Å²) in [6, 6.07) is 0.727. The van der Waals surface area contributed by atoms with Crippen molar-refractivity contribution in [2.45, 2.75) is 39.2 Å². The number of hydrogen-bond donors (Lipinski definition) is 1. The van der Waals surface area contributed by atoms with Crippen LogP contribution in [0.4, 0.5) is 0 Å². The summed E-state index contributed by atoms with van der Waals surface area (Å²) < 4.78 is 0. The number of rotatable bonds is 3. The van der Waals surface area contributed by atoms with Crippen molar-refractivity contribution in [3.63, 3.8) is 0 Å². The molecule has 72 valence electrons. The van der Waals surface area contributed by atoms with Crippen LogP contribution in [0.3, 0.4) is 0 Å². The van der Waals surface area contributed by atoms with Gasteiger partial charge in [-0.3, -0.25) is 0 Å². The first-order valence-corrected chi connectivity index (χ1v) is 5.12. The lowest BCUT2D eigenvalue weighted by Crippen LogP contribution is -2.40. The molecule has 0 aromatic heterocycles. The Morgan fingerprint density at radius 1 is 1.42 bits per heavy atom. The highest BCUT2D eigenvalue weighted by molar-refractivity contribution is 4.74. The fourth-order valence-electron chi connectivity index (χ4n) is 1.83. The Morgan fingerprint density at radius 3 is 2.42 bits per heavy atom. The van der Waals surface area contributed by atoms with E-state index in [0.717, 1.165) is 6.04 Å². The molecule has 2 heteroatoms. The van der Waals surface area contributed by atoms with E-state index in [0.29, 0.717) is 12.5 Å². The van der Waals surface area contributed by atoms with Crippen LogP contribution in [0.2, 0.25) is 0 Å². The number of likely N-dealkylation sites (tertiary alicyclic amines) is 1. The van der Waals surface area contributed by atoms with Gasteiger partial charge < -0.3 is 10.0 Å². The van der Waals surface area contributed by atoms with Crippen LogP contribution in [0.25, 0.3) is 0 Å². The van der Waals surface area contributed by atoms with Gasteiger partial charge in [0.25, 0.3) is 0 Å². The molecule has 0 radical (unpaired) electrons. The standard InChI is InChI=1S/C10H21NO/c1-3-9(2)11-6-4-10(8-12)5-7-11/h9-10,12H,3-8H2,1-2H3. The molecule has 0 aliphatic carbocycles. The number of piperidine rings is 1. The van der Waals surface area contributed by atoms with Crippen LogP contribution in [-0.2, 0) is 0 Å². The Hall–Kier alpha value is -0.0800. The van der Waals surface area contributed by atoms with E-state index in [-0.39, 0.29) is 0 Å². The van der Waals surface area contributed by atoms with Crippen molar-refractivity contribution >= 4 is 0 Å². The summed E-state index contributed by atoms with van der Waals surface area (Å²) in [5, 5.41) is 8.95. The van der Waals surface area contributed by atoms with Crippen LogP contribution in [-0.4, -0.2) is 35.7 Å². The van der Waals surface area contributed by atoms with Gasteiger partial charge in [0.05, 0.1) is 0 Å². The van der Waals surface area contributed by atoms with Crippen molar-refractivity contribution in [2.75, 3.05) is 19.7 Å². The molecule has 1 saturated heterocycles. The van der Waals surface area contributed by atoms with Gasteiger partial charge >= 0.3 is 0 Å². The van der Waals surface area contributed by atoms with Gasteiger partial charge in [-0.1, -0.05) is 6.92 Å². The molecule has 2 nitrogen and oxygen atoms in total. The van der Waals surface area contributed by atoms with E-state index in [2.05, 4.69) is 18.7 Å². The third-order valence-electron chi connectivity index (χ3n) is 3.12. The summed E-state index contributed by atoms with van der Waals surface area (Å²) >= 11 is 0. The number of aliphatic hydroxyl groups is 1. The van der Waals surface area contributed by atoms with Crippen LogP contribution < -0.4 is 0 Å². The van der Waals surface area contributed by atoms with Gasteiger partial charge in [0, 0.05) is 12.6 Å². The van der Waals surface area contributed by atoms with Crippen LogP contribution in [0.1, 0.15) is 33.1 Å². The maximum atomic E-state index is 8.95. The smallest absolute Gasteiger partial charge is 0.0460 e. The van der Waals surface area contributed by atoms with Gasteiger partial charge in [0.2, 0.25) is 0 Å². The molecule has 1 fully saturated rings. The van der Waals surface area contributed by atoms with Gasteiger partial charge in [0.15, 0.2) is 0 Å². The highest BCUT2D eigenvalue weighted by Crippen LogP contribution is 2.18. The molecule has 1 rings (SSSR count). The van der Waals surface area contributed by atoms with E-state index >= 15 is 0 Å². The minimum atomic E-state index is 0.383. The molecule has 1 unspecified atom stereocenters. The second-order valence-electron chi connectivity index (χ2n) is 3.92. The molecule has 0 bridgehead atoms. The van der Waals surface area contributed by atoms with Gasteiger partial charge in [-0.15, -0.1) is 0 Å². The summed E-state index contributed by atoms with van der Waals surface area (Å²) in [5.74, 6) is 0.574. The topological polar surface area (TPSA) is 23.5 Å². The Labute approximate surface area is 75.6 Å². The Morgan fingerprint density at radius 2 is 2.00 bits per heavy atom. The molecule has 0 amide bonds. The van der Waals surface area contributed by atoms with Crippen molar-refractivity contribution < 1.29 is 5.11 Å². The third kappa shape index (κ3) is 2.46. The fraction of sp³-hybridized carbons (Fsp3) is 1.00. The monoisotopic (exact) mass is 171 g/mol. The van der Waals surface area contributed by atoms with E-state index in [1.165, 1.54) is 32.4 Å². The zero-order chi connectivity index (χ0) is 8.97. The highest BCUT2D eigenvalue weighted by atomic mass is 16.3. The van der Waals surface area contributed by atoms with E-state index in [1.54, 1.807) is 0 Å². The normalized spacial score (nSPS) is 24.2. The third-order valence-corrected chi connectivity index (χ3v) is 3.12. The number of nitrogens with zero attached hydrogens (tertiary/aromatic N) is 1. The van der Waals surface area contributed by atoms with Gasteiger partial charge in [-0.25, -0.2) is 0 Å². The van der Waals surface area contributed by atoms with Crippen molar-refractivity contribution in [1.29, 1.82) is 0 Å².